The quantitative estimate of drug-likeness (QED) is 0.490. The SMILES string of the molecule is CC(CC(Cc1ccc(-c2ccccc2)cc1)NC(=O)C(F)(F)C(F)(F)CO)C(=O)O. The van der Waals surface area contributed by atoms with Gasteiger partial charge >= 0.3 is 17.8 Å². The number of carbonyl (C=O) groups excluding carboxylic acids is 1. The fourth-order valence-corrected chi connectivity index (χ4v) is 3.01. The summed E-state index contributed by atoms with van der Waals surface area (Å²) in [7, 11) is 0. The monoisotopic (exact) mass is 441 g/mol. The predicted molar refractivity (Wildman–Crippen MR) is 106 cm³/mol. The molecular weight excluding hydrogens is 418 g/mol. The minimum atomic E-state index is -5.15. The molecule has 5 nitrogen and oxygen atoms in total. The number of rotatable bonds is 10. The molecule has 3 N–H and O–H groups in total. The molecule has 0 aromatic heterocycles. The Kier molecular flexibility index (Phi) is 7.78. The summed E-state index contributed by atoms with van der Waals surface area (Å²) in [5.74, 6) is -14.6. The van der Waals surface area contributed by atoms with Gasteiger partial charge in [-0.1, -0.05) is 61.5 Å². The number of carbonyl (C=O) groups is 2. The number of aliphatic hydroxyl groups excluding tert-OH is 1. The highest BCUT2D eigenvalue weighted by molar-refractivity contribution is 5.85. The molecule has 0 heterocycles. The number of amides is 1. The van der Waals surface area contributed by atoms with Gasteiger partial charge in [-0.2, -0.15) is 17.6 Å². The molecule has 2 aromatic rings. The molecule has 2 atom stereocenters. The van der Waals surface area contributed by atoms with E-state index in [4.69, 9.17) is 10.2 Å². The third kappa shape index (κ3) is 6.04. The van der Waals surface area contributed by atoms with Gasteiger partial charge in [-0.3, -0.25) is 9.59 Å². The first-order valence-corrected chi connectivity index (χ1v) is 9.52. The van der Waals surface area contributed by atoms with Gasteiger partial charge in [0.25, 0.3) is 5.91 Å². The van der Waals surface area contributed by atoms with Crippen molar-refractivity contribution in [1.82, 2.24) is 5.32 Å². The molecule has 0 saturated carbocycles. The Morgan fingerprint density at radius 1 is 0.968 bits per heavy atom. The average Bonchev–Trinajstić information content (AvgIpc) is 2.74. The van der Waals surface area contributed by atoms with Gasteiger partial charge in [0.05, 0.1) is 5.92 Å². The Labute approximate surface area is 176 Å². The van der Waals surface area contributed by atoms with Gasteiger partial charge < -0.3 is 15.5 Å². The largest absolute Gasteiger partial charge is 0.481 e. The third-order valence-electron chi connectivity index (χ3n) is 4.88. The summed E-state index contributed by atoms with van der Waals surface area (Å²) in [6.07, 6.45) is -0.290. The molecule has 0 fully saturated rings. The van der Waals surface area contributed by atoms with Crippen molar-refractivity contribution < 1.29 is 37.4 Å². The Hall–Kier alpha value is -2.94. The molecule has 0 aliphatic heterocycles. The average molecular weight is 441 g/mol. The van der Waals surface area contributed by atoms with Gasteiger partial charge in [0.2, 0.25) is 0 Å². The van der Waals surface area contributed by atoms with Gasteiger partial charge in [-0.15, -0.1) is 0 Å². The van der Waals surface area contributed by atoms with Crippen LogP contribution in [0.15, 0.2) is 54.6 Å². The maximum absolute atomic E-state index is 13.8. The maximum atomic E-state index is 13.8. The van der Waals surface area contributed by atoms with E-state index in [-0.39, 0.29) is 12.8 Å². The van der Waals surface area contributed by atoms with Crippen LogP contribution in [0.4, 0.5) is 17.6 Å². The summed E-state index contributed by atoms with van der Waals surface area (Å²) in [4.78, 5) is 23.0. The first kappa shape index (κ1) is 24.3. The van der Waals surface area contributed by atoms with Gasteiger partial charge in [-0.25, -0.2) is 0 Å². The van der Waals surface area contributed by atoms with Crippen LogP contribution < -0.4 is 5.32 Å². The van der Waals surface area contributed by atoms with Crippen molar-refractivity contribution >= 4 is 11.9 Å². The van der Waals surface area contributed by atoms with Gasteiger partial charge in [-0.05, 0) is 29.5 Å². The minimum absolute atomic E-state index is 0.0425. The molecule has 168 valence electrons. The number of hydrogen-bond donors (Lipinski definition) is 3. The Bertz CT molecular complexity index is 888. The predicted octanol–water partition coefficient (Wildman–Crippen LogP) is 3.75. The minimum Gasteiger partial charge on any atom is -0.481 e. The van der Waals surface area contributed by atoms with Crippen LogP contribution in [0.3, 0.4) is 0 Å². The highest BCUT2D eigenvalue weighted by Gasteiger charge is 2.61. The number of benzene rings is 2. The van der Waals surface area contributed by atoms with E-state index in [1.807, 2.05) is 35.6 Å². The summed E-state index contributed by atoms with van der Waals surface area (Å²) >= 11 is 0. The summed E-state index contributed by atoms with van der Waals surface area (Å²) in [5, 5.41) is 19.4. The molecule has 9 heteroatoms. The second-order valence-electron chi connectivity index (χ2n) is 7.35. The van der Waals surface area contributed by atoms with Crippen molar-refractivity contribution in [2.24, 2.45) is 5.92 Å². The van der Waals surface area contributed by atoms with Crippen LogP contribution in [-0.4, -0.2) is 46.6 Å². The molecule has 0 aliphatic carbocycles. The molecule has 2 unspecified atom stereocenters. The van der Waals surface area contributed by atoms with Crippen LogP contribution in [-0.2, 0) is 16.0 Å². The molecule has 2 rings (SSSR count). The van der Waals surface area contributed by atoms with Crippen molar-refractivity contribution in [3.63, 3.8) is 0 Å². The standard InChI is InChI=1S/C22H23F4NO4/c1-14(19(29)30)11-18(27-20(31)22(25,26)21(23,24)13-28)12-15-7-9-17(10-8-15)16-5-3-2-4-6-16/h2-10,14,18,28H,11-13H2,1H3,(H,27,31)(H,29,30). The van der Waals surface area contributed by atoms with E-state index in [2.05, 4.69) is 0 Å². The molecule has 0 bridgehead atoms. The van der Waals surface area contributed by atoms with Crippen LogP contribution in [0.5, 0.6) is 0 Å². The first-order chi connectivity index (χ1) is 14.5. The number of carboxylic acid groups (broad SMARTS) is 1. The van der Waals surface area contributed by atoms with Crippen molar-refractivity contribution in [2.45, 2.75) is 37.7 Å². The van der Waals surface area contributed by atoms with Crippen LogP contribution in [0.25, 0.3) is 11.1 Å². The lowest BCUT2D eigenvalue weighted by Gasteiger charge is -2.27. The van der Waals surface area contributed by atoms with Crippen LogP contribution in [0, 0.1) is 5.92 Å². The molecule has 1 amide bonds. The Morgan fingerprint density at radius 2 is 1.52 bits per heavy atom. The highest BCUT2D eigenvalue weighted by atomic mass is 19.3. The fraction of sp³-hybridized carbons (Fsp3) is 0.364. The number of hydrogen-bond acceptors (Lipinski definition) is 3. The Morgan fingerprint density at radius 3 is 2.03 bits per heavy atom. The van der Waals surface area contributed by atoms with Gasteiger partial charge in [0.15, 0.2) is 0 Å². The molecule has 0 spiro atoms. The zero-order valence-electron chi connectivity index (χ0n) is 16.7. The van der Waals surface area contributed by atoms with Crippen LogP contribution >= 0.6 is 0 Å². The highest BCUT2D eigenvalue weighted by Crippen LogP contribution is 2.34. The van der Waals surface area contributed by atoms with E-state index in [9.17, 15) is 27.2 Å². The first-order valence-electron chi connectivity index (χ1n) is 9.52. The topological polar surface area (TPSA) is 86.6 Å². The maximum Gasteiger partial charge on any atom is 0.388 e. The van der Waals surface area contributed by atoms with E-state index >= 15 is 0 Å². The number of aliphatic carboxylic acids is 1. The van der Waals surface area contributed by atoms with Crippen molar-refractivity contribution in [1.29, 1.82) is 0 Å². The van der Waals surface area contributed by atoms with Crippen molar-refractivity contribution in [3.8, 4) is 11.1 Å². The van der Waals surface area contributed by atoms with Gasteiger partial charge in [0, 0.05) is 6.04 Å². The number of carboxylic acids is 1. The van der Waals surface area contributed by atoms with Crippen LogP contribution in [0.2, 0.25) is 0 Å². The molecular formula is C22H23F4NO4. The lowest BCUT2D eigenvalue weighted by molar-refractivity contribution is -0.222. The van der Waals surface area contributed by atoms with Gasteiger partial charge in [0.1, 0.15) is 6.61 Å². The number of alkyl halides is 4. The van der Waals surface area contributed by atoms with E-state index in [0.29, 0.717) is 5.56 Å². The normalized spacial score (nSPS) is 14.0. The lowest BCUT2D eigenvalue weighted by atomic mass is 9.94. The second-order valence-corrected chi connectivity index (χ2v) is 7.35. The van der Waals surface area contributed by atoms with E-state index in [0.717, 1.165) is 11.1 Å². The molecule has 0 radical (unpaired) electrons. The smallest absolute Gasteiger partial charge is 0.388 e. The summed E-state index contributed by atoms with van der Waals surface area (Å²) in [6.45, 7) is -0.884. The van der Waals surface area contributed by atoms with Crippen LogP contribution in [0.1, 0.15) is 18.9 Å². The van der Waals surface area contributed by atoms with E-state index < -0.39 is 42.3 Å². The molecule has 0 saturated heterocycles. The van der Waals surface area contributed by atoms with Crippen molar-refractivity contribution in [2.75, 3.05) is 6.61 Å². The summed E-state index contributed by atoms with van der Waals surface area (Å²) in [6, 6.07) is 15.2. The molecule has 0 aliphatic rings. The number of nitrogens with one attached hydrogen (secondary N) is 1. The number of halogens is 4. The zero-order chi connectivity index (χ0) is 23.2. The summed E-state index contributed by atoms with van der Waals surface area (Å²) < 4.78 is 54.2. The fourth-order valence-electron chi connectivity index (χ4n) is 3.01. The third-order valence-corrected chi connectivity index (χ3v) is 4.88. The zero-order valence-corrected chi connectivity index (χ0v) is 16.7. The van der Waals surface area contributed by atoms with E-state index in [1.165, 1.54) is 6.92 Å². The van der Waals surface area contributed by atoms with Crippen molar-refractivity contribution in [3.05, 3.63) is 60.2 Å². The molecule has 31 heavy (non-hydrogen) atoms. The Balaban J connectivity index is 2.20. The lowest BCUT2D eigenvalue weighted by Crippen LogP contribution is -2.56. The van der Waals surface area contributed by atoms with E-state index in [1.54, 1.807) is 24.3 Å². The number of aliphatic hydroxyl groups is 1. The molecule has 2 aromatic carbocycles. The summed E-state index contributed by atoms with van der Waals surface area (Å²) in [5.41, 5.74) is 2.43. The second kappa shape index (κ2) is 9.91.